The minimum Gasteiger partial charge on any atom is -0.469 e. The molecule has 2 atom stereocenters. The Morgan fingerprint density at radius 1 is 1.67 bits per heavy atom. The summed E-state index contributed by atoms with van der Waals surface area (Å²) in [5.74, 6) is 0.955. The SMILES string of the molecule is COC(=O)C(C)CNC(=O)[C@H]1CSCN1. The van der Waals surface area contributed by atoms with Gasteiger partial charge in [0.25, 0.3) is 0 Å². The Hall–Kier alpha value is -0.750. The molecule has 0 aromatic rings. The van der Waals surface area contributed by atoms with Crippen molar-refractivity contribution in [3.63, 3.8) is 0 Å². The number of ether oxygens (including phenoxy) is 1. The highest BCUT2D eigenvalue weighted by atomic mass is 32.2. The molecule has 1 amide bonds. The minimum absolute atomic E-state index is 0.0456. The molecule has 1 rings (SSSR count). The maximum absolute atomic E-state index is 11.5. The van der Waals surface area contributed by atoms with Crippen LogP contribution in [0.15, 0.2) is 0 Å². The third-order valence-corrected chi connectivity index (χ3v) is 3.16. The fraction of sp³-hybridized carbons (Fsp3) is 0.778. The van der Waals surface area contributed by atoms with E-state index in [9.17, 15) is 9.59 Å². The molecule has 2 N–H and O–H groups in total. The number of methoxy groups -OCH3 is 1. The van der Waals surface area contributed by atoms with Crippen molar-refractivity contribution in [1.29, 1.82) is 0 Å². The van der Waals surface area contributed by atoms with Crippen LogP contribution >= 0.6 is 11.8 Å². The van der Waals surface area contributed by atoms with E-state index >= 15 is 0 Å². The lowest BCUT2D eigenvalue weighted by Crippen LogP contribution is -2.44. The van der Waals surface area contributed by atoms with Gasteiger partial charge in [-0.15, -0.1) is 11.8 Å². The molecule has 1 fully saturated rings. The van der Waals surface area contributed by atoms with Crippen LogP contribution in [-0.4, -0.2) is 43.2 Å². The molecule has 1 saturated heterocycles. The van der Waals surface area contributed by atoms with E-state index in [1.54, 1.807) is 18.7 Å². The van der Waals surface area contributed by atoms with Crippen LogP contribution in [0.4, 0.5) is 0 Å². The van der Waals surface area contributed by atoms with E-state index in [2.05, 4.69) is 15.4 Å². The number of carbonyl (C=O) groups is 2. The van der Waals surface area contributed by atoms with E-state index in [0.717, 1.165) is 11.6 Å². The summed E-state index contributed by atoms with van der Waals surface area (Å²) in [6, 6.07) is -0.125. The van der Waals surface area contributed by atoms with Gasteiger partial charge in [-0.3, -0.25) is 14.9 Å². The van der Waals surface area contributed by atoms with Gasteiger partial charge in [-0.05, 0) is 0 Å². The lowest BCUT2D eigenvalue weighted by molar-refractivity contribution is -0.144. The van der Waals surface area contributed by atoms with Gasteiger partial charge in [0, 0.05) is 18.2 Å². The standard InChI is InChI=1S/C9H16N2O3S/c1-6(9(13)14-2)3-10-8(12)7-4-15-5-11-7/h6-7,11H,3-5H2,1-2H3,(H,10,12)/t6?,7-/m1/s1. The smallest absolute Gasteiger partial charge is 0.310 e. The van der Waals surface area contributed by atoms with Crippen LogP contribution in [0.1, 0.15) is 6.92 Å². The monoisotopic (exact) mass is 232 g/mol. The van der Waals surface area contributed by atoms with Gasteiger partial charge in [-0.2, -0.15) is 0 Å². The Morgan fingerprint density at radius 2 is 2.40 bits per heavy atom. The Kier molecular flexibility index (Phi) is 4.90. The Bertz CT molecular complexity index is 242. The molecule has 0 aromatic heterocycles. The maximum atomic E-state index is 11.5. The second-order valence-electron chi connectivity index (χ2n) is 3.44. The van der Waals surface area contributed by atoms with E-state index in [1.807, 2.05) is 0 Å². The summed E-state index contributed by atoms with van der Waals surface area (Å²) in [6.45, 7) is 2.05. The molecule has 1 unspecified atom stereocenters. The highest BCUT2D eigenvalue weighted by Crippen LogP contribution is 2.09. The predicted molar refractivity (Wildman–Crippen MR) is 58.4 cm³/mol. The molecule has 0 radical (unpaired) electrons. The van der Waals surface area contributed by atoms with Gasteiger partial charge in [0.1, 0.15) is 0 Å². The minimum atomic E-state index is -0.302. The zero-order valence-corrected chi connectivity index (χ0v) is 9.73. The van der Waals surface area contributed by atoms with Crippen molar-refractivity contribution in [3.05, 3.63) is 0 Å². The van der Waals surface area contributed by atoms with Crippen LogP contribution in [0.3, 0.4) is 0 Å². The van der Waals surface area contributed by atoms with Crippen molar-refractivity contribution in [2.24, 2.45) is 5.92 Å². The van der Waals surface area contributed by atoms with E-state index in [4.69, 9.17) is 0 Å². The average Bonchev–Trinajstić information content (AvgIpc) is 2.77. The quantitative estimate of drug-likeness (QED) is 0.644. The van der Waals surface area contributed by atoms with E-state index in [-0.39, 0.29) is 23.8 Å². The largest absolute Gasteiger partial charge is 0.469 e. The Morgan fingerprint density at radius 3 is 2.93 bits per heavy atom. The first-order valence-corrected chi connectivity index (χ1v) is 5.97. The van der Waals surface area contributed by atoms with Gasteiger partial charge in [-0.1, -0.05) is 6.92 Å². The second kappa shape index (κ2) is 5.97. The van der Waals surface area contributed by atoms with E-state index in [1.165, 1.54) is 7.11 Å². The number of amides is 1. The van der Waals surface area contributed by atoms with Crippen LogP contribution in [0.5, 0.6) is 0 Å². The molecule has 0 aromatic carbocycles. The molecule has 0 saturated carbocycles. The molecule has 1 heterocycles. The van der Waals surface area contributed by atoms with Gasteiger partial charge in [0.05, 0.1) is 19.1 Å². The number of esters is 1. The molecule has 0 spiro atoms. The van der Waals surface area contributed by atoms with Crippen molar-refractivity contribution in [2.45, 2.75) is 13.0 Å². The van der Waals surface area contributed by atoms with Gasteiger partial charge in [0.2, 0.25) is 5.91 Å². The number of carbonyl (C=O) groups excluding carboxylic acids is 2. The molecule has 1 aliphatic heterocycles. The normalized spacial score (nSPS) is 22.1. The fourth-order valence-electron chi connectivity index (χ4n) is 1.23. The first kappa shape index (κ1) is 12.3. The van der Waals surface area contributed by atoms with Crippen molar-refractivity contribution >= 4 is 23.6 Å². The fourth-order valence-corrected chi connectivity index (χ4v) is 2.17. The lowest BCUT2D eigenvalue weighted by Gasteiger charge is -2.13. The second-order valence-corrected chi connectivity index (χ2v) is 4.47. The lowest BCUT2D eigenvalue weighted by atomic mass is 10.2. The summed E-state index contributed by atoms with van der Waals surface area (Å²) in [7, 11) is 1.34. The van der Waals surface area contributed by atoms with Crippen LogP contribution in [0.2, 0.25) is 0 Å². The first-order valence-electron chi connectivity index (χ1n) is 4.81. The Labute approximate surface area is 93.3 Å². The molecular formula is C9H16N2O3S. The summed E-state index contributed by atoms with van der Waals surface area (Å²) in [4.78, 5) is 22.6. The van der Waals surface area contributed by atoms with Crippen molar-refractivity contribution < 1.29 is 14.3 Å². The van der Waals surface area contributed by atoms with Crippen LogP contribution in [-0.2, 0) is 14.3 Å². The predicted octanol–water partition coefficient (Wildman–Crippen LogP) is -0.426. The number of thioether (sulfide) groups is 1. The molecule has 86 valence electrons. The van der Waals surface area contributed by atoms with Gasteiger partial charge in [-0.25, -0.2) is 0 Å². The number of rotatable bonds is 4. The van der Waals surface area contributed by atoms with Crippen molar-refractivity contribution in [1.82, 2.24) is 10.6 Å². The third kappa shape index (κ3) is 3.71. The molecule has 0 aliphatic carbocycles. The molecular weight excluding hydrogens is 216 g/mol. The van der Waals surface area contributed by atoms with Crippen LogP contribution in [0.25, 0.3) is 0 Å². The number of nitrogens with one attached hydrogen (secondary N) is 2. The molecule has 6 heteroatoms. The van der Waals surface area contributed by atoms with E-state index in [0.29, 0.717) is 6.54 Å². The summed E-state index contributed by atoms with van der Waals surface area (Å²) in [5, 5.41) is 5.78. The van der Waals surface area contributed by atoms with E-state index < -0.39 is 0 Å². The summed E-state index contributed by atoms with van der Waals surface area (Å²) in [5.41, 5.74) is 0. The van der Waals surface area contributed by atoms with Crippen molar-refractivity contribution in [3.8, 4) is 0 Å². The molecule has 5 nitrogen and oxygen atoms in total. The van der Waals surface area contributed by atoms with Crippen molar-refractivity contribution in [2.75, 3.05) is 25.3 Å². The zero-order chi connectivity index (χ0) is 11.3. The third-order valence-electron chi connectivity index (χ3n) is 2.22. The Balaban J connectivity index is 2.24. The van der Waals surface area contributed by atoms with Gasteiger partial charge in [0.15, 0.2) is 0 Å². The average molecular weight is 232 g/mol. The first-order chi connectivity index (χ1) is 7.15. The summed E-state index contributed by atoms with van der Waals surface area (Å²) >= 11 is 1.69. The number of hydrogen-bond donors (Lipinski definition) is 2. The van der Waals surface area contributed by atoms with Gasteiger partial charge < -0.3 is 10.1 Å². The number of hydrogen-bond acceptors (Lipinski definition) is 5. The molecule has 15 heavy (non-hydrogen) atoms. The highest BCUT2D eigenvalue weighted by Gasteiger charge is 2.23. The van der Waals surface area contributed by atoms with Crippen LogP contribution in [0, 0.1) is 5.92 Å². The molecule has 0 bridgehead atoms. The maximum Gasteiger partial charge on any atom is 0.310 e. The zero-order valence-electron chi connectivity index (χ0n) is 8.91. The summed E-state index contributed by atoms with van der Waals surface area (Å²) in [6.07, 6.45) is 0. The van der Waals surface area contributed by atoms with Crippen LogP contribution < -0.4 is 10.6 Å². The van der Waals surface area contributed by atoms with Gasteiger partial charge >= 0.3 is 5.97 Å². The summed E-state index contributed by atoms with van der Waals surface area (Å²) < 4.78 is 4.56. The topological polar surface area (TPSA) is 67.4 Å². The highest BCUT2D eigenvalue weighted by molar-refractivity contribution is 7.99. The molecule has 1 aliphatic rings.